The highest BCUT2D eigenvalue weighted by molar-refractivity contribution is 7.89. The third kappa shape index (κ3) is 4.66. The van der Waals surface area contributed by atoms with Gasteiger partial charge in [0.2, 0.25) is 0 Å². The molecule has 0 aliphatic carbocycles. The summed E-state index contributed by atoms with van der Waals surface area (Å²) < 4.78 is 29.2. The van der Waals surface area contributed by atoms with Crippen LogP contribution < -0.4 is 4.72 Å². The second-order valence-corrected chi connectivity index (χ2v) is 8.81. The average molecular weight is 372 g/mol. The summed E-state index contributed by atoms with van der Waals surface area (Å²) >= 11 is 1.63. The van der Waals surface area contributed by atoms with Crippen LogP contribution in [-0.2, 0) is 17.1 Å². The van der Waals surface area contributed by atoms with Gasteiger partial charge in [-0.2, -0.15) is 0 Å². The minimum absolute atomic E-state index is 0.0588. The number of hydrogen-bond acceptors (Lipinski definition) is 5. The molecular formula is C16H25N3O3S2. The lowest BCUT2D eigenvalue weighted by molar-refractivity contribution is 0.273. The van der Waals surface area contributed by atoms with Crippen LogP contribution in [0, 0.1) is 0 Å². The zero-order chi connectivity index (χ0) is 17.7. The van der Waals surface area contributed by atoms with E-state index in [2.05, 4.69) is 9.71 Å². The van der Waals surface area contributed by atoms with Crippen molar-refractivity contribution in [2.24, 2.45) is 7.05 Å². The fourth-order valence-electron chi connectivity index (χ4n) is 2.67. The molecule has 2 rings (SSSR count). The van der Waals surface area contributed by atoms with E-state index >= 15 is 0 Å². The van der Waals surface area contributed by atoms with Crippen LogP contribution in [0.25, 0.3) is 0 Å². The second kappa shape index (κ2) is 8.24. The van der Waals surface area contributed by atoms with Crippen LogP contribution in [0.5, 0.6) is 0 Å². The number of aliphatic hydroxyl groups is 1. The molecule has 0 amide bonds. The van der Waals surface area contributed by atoms with E-state index in [-0.39, 0.29) is 23.5 Å². The van der Waals surface area contributed by atoms with E-state index in [0.29, 0.717) is 19.4 Å². The predicted molar refractivity (Wildman–Crippen MR) is 95.9 cm³/mol. The van der Waals surface area contributed by atoms with Crippen LogP contribution in [-0.4, -0.2) is 36.2 Å². The highest BCUT2D eigenvalue weighted by atomic mass is 32.2. The molecule has 2 heterocycles. The molecule has 0 radical (unpaired) electrons. The third-order valence-electron chi connectivity index (χ3n) is 3.89. The fraction of sp³-hybridized carbons (Fsp3) is 0.562. The van der Waals surface area contributed by atoms with E-state index in [9.17, 15) is 13.5 Å². The van der Waals surface area contributed by atoms with Crippen molar-refractivity contribution in [3.8, 4) is 0 Å². The molecule has 0 spiro atoms. The van der Waals surface area contributed by atoms with Crippen molar-refractivity contribution >= 4 is 21.4 Å². The molecule has 1 atom stereocenters. The van der Waals surface area contributed by atoms with E-state index in [1.54, 1.807) is 29.1 Å². The standard InChI is InChI=1S/C16H25N3O3S2/c1-12(2)16-18-15(11-19(16)3)24(21,22)17-8-6-13(7-9-20)14-5-4-10-23-14/h4-5,10-13,17,20H,6-9H2,1-3H3. The molecule has 24 heavy (non-hydrogen) atoms. The normalized spacial score (nSPS) is 13.5. The number of thiophene rings is 1. The molecule has 2 aromatic heterocycles. The van der Waals surface area contributed by atoms with Crippen LogP contribution in [0.4, 0.5) is 0 Å². The van der Waals surface area contributed by atoms with Crippen LogP contribution >= 0.6 is 11.3 Å². The smallest absolute Gasteiger partial charge is 0.259 e. The van der Waals surface area contributed by atoms with Crippen LogP contribution in [0.2, 0.25) is 0 Å². The van der Waals surface area contributed by atoms with Crippen LogP contribution in [0.15, 0.2) is 28.7 Å². The van der Waals surface area contributed by atoms with Crippen LogP contribution in [0.1, 0.15) is 49.2 Å². The summed E-state index contributed by atoms with van der Waals surface area (Å²) in [6.07, 6.45) is 2.82. The molecule has 6 nitrogen and oxygen atoms in total. The Morgan fingerprint density at radius 2 is 2.12 bits per heavy atom. The van der Waals surface area contributed by atoms with Gasteiger partial charge in [-0.3, -0.25) is 0 Å². The first-order valence-electron chi connectivity index (χ1n) is 8.02. The number of sulfonamides is 1. The highest BCUT2D eigenvalue weighted by Gasteiger charge is 2.21. The van der Waals surface area contributed by atoms with Crippen molar-refractivity contribution in [3.05, 3.63) is 34.4 Å². The molecule has 2 aromatic rings. The van der Waals surface area contributed by atoms with E-state index in [0.717, 1.165) is 5.82 Å². The van der Waals surface area contributed by atoms with Gasteiger partial charge in [-0.1, -0.05) is 19.9 Å². The van der Waals surface area contributed by atoms with E-state index in [4.69, 9.17) is 0 Å². The SMILES string of the molecule is CC(C)c1nc(S(=O)(=O)NCCC(CCO)c2cccs2)cn1C. The van der Waals surface area contributed by atoms with Gasteiger partial charge in [0.25, 0.3) is 10.0 Å². The largest absolute Gasteiger partial charge is 0.396 e. The molecule has 0 aliphatic heterocycles. The number of imidazole rings is 1. The number of aromatic nitrogens is 2. The number of aryl methyl sites for hydroxylation is 1. The second-order valence-electron chi connectivity index (χ2n) is 6.11. The minimum atomic E-state index is -3.62. The van der Waals surface area contributed by atoms with Crippen molar-refractivity contribution in [2.45, 2.75) is 43.6 Å². The molecule has 0 aliphatic rings. The quantitative estimate of drug-likeness (QED) is 0.709. The Balaban J connectivity index is 2.00. The van der Waals surface area contributed by atoms with Crippen molar-refractivity contribution in [2.75, 3.05) is 13.2 Å². The summed E-state index contributed by atoms with van der Waals surface area (Å²) in [4.78, 5) is 5.41. The zero-order valence-electron chi connectivity index (χ0n) is 14.3. The fourth-order valence-corrected chi connectivity index (χ4v) is 4.61. The highest BCUT2D eigenvalue weighted by Crippen LogP contribution is 2.27. The monoisotopic (exact) mass is 371 g/mol. The first kappa shape index (κ1) is 19.1. The molecule has 8 heteroatoms. The summed E-state index contributed by atoms with van der Waals surface area (Å²) in [6, 6.07) is 3.99. The minimum Gasteiger partial charge on any atom is -0.396 e. The Labute approximate surface area is 147 Å². The van der Waals surface area contributed by atoms with E-state index in [1.165, 1.54) is 4.88 Å². The van der Waals surface area contributed by atoms with Gasteiger partial charge in [-0.15, -0.1) is 11.3 Å². The Hall–Kier alpha value is -1.22. The summed E-state index contributed by atoms with van der Waals surface area (Å²) in [6.45, 7) is 4.37. The lowest BCUT2D eigenvalue weighted by Gasteiger charge is -2.14. The molecule has 0 bridgehead atoms. The molecule has 0 aromatic carbocycles. The van der Waals surface area contributed by atoms with Gasteiger partial charge >= 0.3 is 0 Å². The van der Waals surface area contributed by atoms with Gasteiger partial charge in [-0.05, 0) is 30.2 Å². The van der Waals surface area contributed by atoms with Crippen molar-refractivity contribution in [3.63, 3.8) is 0 Å². The number of hydrogen-bond donors (Lipinski definition) is 2. The van der Waals surface area contributed by atoms with Crippen molar-refractivity contribution < 1.29 is 13.5 Å². The Kier molecular flexibility index (Phi) is 6.56. The number of nitrogens with one attached hydrogen (secondary N) is 1. The molecule has 0 saturated heterocycles. The van der Waals surface area contributed by atoms with Crippen molar-refractivity contribution in [1.82, 2.24) is 14.3 Å². The van der Waals surface area contributed by atoms with Gasteiger partial charge in [0.1, 0.15) is 5.82 Å². The maximum atomic E-state index is 12.4. The molecule has 134 valence electrons. The van der Waals surface area contributed by atoms with E-state index in [1.807, 2.05) is 31.4 Å². The zero-order valence-corrected chi connectivity index (χ0v) is 15.9. The maximum absolute atomic E-state index is 12.4. The Morgan fingerprint density at radius 1 is 1.38 bits per heavy atom. The first-order valence-corrected chi connectivity index (χ1v) is 10.4. The van der Waals surface area contributed by atoms with Crippen molar-refractivity contribution in [1.29, 1.82) is 0 Å². The molecule has 1 unspecified atom stereocenters. The lowest BCUT2D eigenvalue weighted by atomic mass is 10.0. The maximum Gasteiger partial charge on any atom is 0.259 e. The van der Waals surface area contributed by atoms with Gasteiger partial charge in [-0.25, -0.2) is 18.1 Å². The Bertz CT molecular complexity index is 737. The predicted octanol–water partition coefficient (Wildman–Crippen LogP) is 2.44. The molecule has 0 saturated carbocycles. The average Bonchev–Trinajstić information content (AvgIpc) is 3.15. The Morgan fingerprint density at radius 3 is 2.67 bits per heavy atom. The molecular weight excluding hydrogens is 346 g/mol. The van der Waals surface area contributed by atoms with E-state index < -0.39 is 10.0 Å². The summed E-state index contributed by atoms with van der Waals surface area (Å²) in [7, 11) is -1.81. The van der Waals surface area contributed by atoms with Gasteiger partial charge in [0.05, 0.1) is 0 Å². The van der Waals surface area contributed by atoms with Gasteiger partial charge in [0.15, 0.2) is 5.03 Å². The number of aliphatic hydroxyl groups excluding tert-OH is 1. The van der Waals surface area contributed by atoms with Crippen LogP contribution in [0.3, 0.4) is 0 Å². The topological polar surface area (TPSA) is 84.2 Å². The van der Waals surface area contributed by atoms with Gasteiger partial charge < -0.3 is 9.67 Å². The molecule has 2 N–H and O–H groups in total. The molecule has 0 fully saturated rings. The lowest BCUT2D eigenvalue weighted by Crippen LogP contribution is -2.26. The number of nitrogens with zero attached hydrogens (tertiary/aromatic N) is 2. The third-order valence-corrected chi connectivity index (χ3v) is 6.26. The van der Waals surface area contributed by atoms with Gasteiger partial charge in [0, 0.05) is 37.2 Å². The number of rotatable bonds is 9. The first-order chi connectivity index (χ1) is 11.3. The summed E-state index contributed by atoms with van der Waals surface area (Å²) in [5.74, 6) is 1.06. The summed E-state index contributed by atoms with van der Waals surface area (Å²) in [5.41, 5.74) is 0. The summed E-state index contributed by atoms with van der Waals surface area (Å²) in [5, 5.41) is 11.3.